The van der Waals surface area contributed by atoms with E-state index in [4.69, 9.17) is 24.7 Å². The third-order valence-corrected chi connectivity index (χ3v) is 4.02. The Morgan fingerprint density at radius 1 is 1.29 bits per heavy atom. The van der Waals surface area contributed by atoms with Crippen LogP contribution in [0.25, 0.3) is 0 Å². The minimum Gasteiger partial charge on any atom is -0.469 e. The van der Waals surface area contributed by atoms with Crippen LogP contribution in [0.5, 0.6) is 0 Å². The molecule has 1 amide bonds. The Hall–Kier alpha value is -1.26. The fourth-order valence-electron chi connectivity index (χ4n) is 2.93. The molecule has 9 heteroatoms. The van der Waals surface area contributed by atoms with E-state index in [2.05, 4.69) is 10.1 Å². The Balaban J connectivity index is 1.83. The van der Waals surface area contributed by atoms with Gasteiger partial charge in [-0.15, -0.1) is 0 Å². The van der Waals surface area contributed by atoms with E-state index >= 15 is 0 Å². The van der Waals surface area contributed by atoms with E-state index in [0.29, 0.717) is 0 Å². The number of nitrogens with two attached hydrogens (primary N) is 1. The molecule has 0 aromatic carbocycles. The second-order valence-electron chi connectivity index (χ2n) is 6.31. The summed E-state index contributed by atoms with van der Waals surface area (Å²) in [7, 11) is 2.84. The molecule has 0 aliphatic carbocycles. The van der Waals surface area contributed by atoms with Crippen LogP contribution in [0.2, 0.25) is 0 Å². The molecule has 2 saturated heterocycles. The number of nitrogens with one attached hydrogen (secondary N) is 1. The molecule has 3 N–H and O–H groups in total. The summed E-state index contributed by atoms with van der Waals surface area (Å²) in [6.07, 6.45) is -1.75. The summed E-state index contributed by atoms with van der Waals surface area (Å²) in [6, 6.07) is -0.589. The Bertz CT molecular complexity index is 471. The average Bonchev–Trinajstić information content (AvgIpc) is 2.98. The van der Waals surface area contributed by atoms with Gasteiger partial charge in [-0.2, -0.15) is 0 Å². The Kier molecular flexibility index (Phi) is 6.16. The Morgan fingerprint density at radius 3 is 2.62 bits per heavy atom. The lowest BCUT2D eigenvalue weighted by Crippen LogP contribution is -2.48. The van der Waals surface area contributed by atoms with E-state index < -0.39 is 30.3 Å². The summed E-state index contributed by atoms with van der Waals surface area (Å²) < 4.78 is 27.2. The van der Waals surface area contributed by atoms with E-state index in [1.54, 1.807) is 21.0 Å². The lowest BCUT2D eigenvalue weighted by atomic mass is 10.0. The highest BCUT2D eigenvalue weighted by Crippen LogP contribution is 2.39. The van der Waals surface area contributed by atoms with Crippen molar-refractivity contribution in [2.75, 3.05) is 20.8 Å². The maximum atomic E-state index is 11.9. The molecule has 2 aliphatic heterocycles. The molecule has 0 saturated carbocycles. The van der Waals surface area contributed by atoms with Gasteiger partial charge < -0.3 is 34.7 Å². The van der Waals surface area contributed by atoms with Gasteiger partial charge >= 0.3 is 5.97 Å². The van der Waals surface area contributed by atoms with Gasteiger partial charge in [0, 0.05) is 26.1 Å². The quantitative estimate of drug-likeness (QED) is 0.580. The highest BCUT2D eigenvalue weighted by molar-refractivity contribution is 5.77. The van der Waals surface area contributed by atoms with Crippen molar-refractivity contribution in [3.63, 3.8) is 0 Å². The fraction of sp³-hybridized carbons (Fsp3) is 0.867. The van der Waals surface area contributed by atoms with E-state index in [1.165, 1.54) is 7.11 Å². The molecule has 2 heterocycles. The number of ether oxygens (including phenoxy) is 5. The molecule has 1 unspecified atom stereocenters. The van der Waals surface area contributed by atoms with Crippen molar-refractivity contribution < 1.29 is 33.3 Å². The predicted molar refractivity (Wildman–Crippen MR) is 81.7 cm³/mol. The molecule has 2 fully saturated rings. The first-order valence-electron chi connectivity index (χ1n) is 7.90. The summed E-state index contributed by atoms with van der Waals surface area (Å²) in [5, 5.41) is 2.62. The Labute approximate surface area is 141 Å². The molecule has 24 heavy (non-hydrogen) atoms. The van der Waals surface area contributed by atoms with Gasteiger partial charge in [0.25, 0.3) is 0 Å². The normalized spacial score (nSPS) is 32.2. The van der Waals surface area contributed by atoms with Crippen LogP contribution in [0.4, 0.5) is 0 Å². The standard InChI is InChI=1S/C15H26N2O7/c1-15(2)23-13-12(21-4)11(22-14(13)24-15)8(16)7-9(18)17-6-5-10(19)20-3/h8,11-14H,5-7,16H2,1-4H3,(H,17,18)/t8?,11-,12+,13-,14-/m1/s1. The van der Waals surface area contributed by atoms with Crippen LogP contribution in [-0.2, 0) is 33.3 Å². The SMILES string of the molecule is COC(=O)CCNC(=O)CC(N)[C@H]1O[C@@H]2OC(C)(C)O[C@@H]2[C@H]1OC. The van der Waals surface area contributed by atoms with Crippen LogP contribution in [-0.4, -0.2) is 69.1 Å². The number of esters is 1. The van der Waals surface area contributed by atoms with E-state index in [0.717, 1.165) is 0 Å². The van der Waals surface area contributed by atoms with Crippen LogP contribution in [0.1, 0.15) is 26.7 Å². The fourth-order valence-corrected chi connectivity index (χ4v) is 2.93. The summed E-state index contributed by atoms with van der Waals surface area (Å²) >= 11 is 0. The number of carbonyl (C=O) groups excluding carboxylic acids is 2. The number of hydrogen-bond acceptors (Lipinski definition) is 8. The van der Waals surface area contributed by atoms with Crippen molar-refractivity contribution in [2.45, 2.75) is 63.1 Å². The van der Waals surface area contributed by atoms with Gasteiger partial charge in [-0.05, 0) is 13.8 Å². The molecule has 0 spiro atoms. The number of hydrogen-bond donors (Lipinski definition) is 2. The first-order chi connectivity index (χ1) is 11.3. The molecule has 138 valence electrons. The van der Waals surface area contributed by atoms with Crippen molar-refractivity contribution in [1.82, 2.24) is 5.32 Å². The highest BCUT2D eigenvalue weighted by atomic mass is 16.8. The zero-order chi connectivity index (χ0) is 17.9. The molecular formula is C15H26N2O7. The largest absolute Gasteiger partial charge is 0.469 e. The van der Waals surface area contributed by atoms with Gasteiger partial charge in [0.15, 0.2) is 12.1 Å². The first kappa shape index (κ1) is 19.1. The van der Waals surface area contributed by atoms with Crippen LogP contribution in [0, 0.1) is 0 Å². The maximum absolute atomic E-state index is 11.9. The number of methoxy groups -OCH3 is 2. The third kappa shape index (κ3) is 4.42. The number of amides is 1. The van der Waals surface area contributed by atoms with Crippen molar-refractivity contribution in [3.8, 4) is 0 Å². The topological polar surface area (TPSA) is 118 Å². The lowest BCUT2D eigenvalue weighted by molar-refractivity contribution is -0.219. The van der Waals surface area contributed by atoms with Gasteiger partial charge in [0.1, 0.15) is 18.3 Å². The summed E-state index contributed by atoms with van der Waals surface area (Å²) in [4.78, 5) is 22.9. The predicted octanol–water partition coefficient (Wildman–Crippen LogP) is -0.725. The van der Waals surface area contributed by atoms with Crippen LogP contribution in [0.3, 0.4) is 0 Å². The molecule has 2 aliphatic rings. The lowest BCUT2D eigenvalue weighted by Gasteiger charge is -2.28. The van der Waals surface area contributed by atoms with Gasteiger partial charge in [0.05, 0.1) is 13.5 Å². The zero-order valence-corrected chi connectivity index (χ0v) is 14.4. The minimum absolute atomic E-state index is 0.0362. The Morgan fingerprint density at radius 2 is 2.00 bits per heavy atom. The van der Waals surface area contributed by atoms with Gasteiger partial charge in [-0.25, -0.2) is 0 Å². The highest BCUT2D eigenvalue weighted by Gasteiger charge is 2.56. The van der Waals surface area contributed by atoms with Gasteiger partial charge in [-0.1, -0.05) is 0 Å². The van der Waals surface area contributed by atoms with Gasteiger partial charge in [0.2, 0.25) is 5.91 Å². The third-order valence-electron chi connectivity index (χ3n) is 4.02. The van der Waals surface area contributed by atoms with Crippen LogP contribution >= 0.6 is 0 Å². The summed E-state index contributed by atoms with van der Waals surface area (Å²) in [6.45, 7) is 3.79. The van der Waals surface area contributed by atoms with Crippen molar-refractivity contribution in [2.24, 2.45) is 5.73 Å². The van der Waals surface area contributed by atoms with Crippen molar-refractivity contribution in [1.29, 1.82) is 0 Å². The van der Waals surface area contributed by atoms with Crippen LogP contribution < -0.4 is 11.1 Å². The minimum atomic E-state index is -0.744. The van der Waals surface area contributed by atoms with E-state index in [-0.39, 0.29) is 37.4 Å². The molecule has 2 rings (SSSR count). The molecule has 5 atom stereocenters. The first-order valence-corrected chi connectivity index (χ1v) is 7.90. The second-order valence-corrected chi connectivity index (χ2v) is 6.31. The molecule has 9 nitrogen and oxygen atoms in total. The average molecular weight is 346 g/mol. The monoisotopic (exact) mass is 346 g/mol. The second kappa shape index (κ2) is 7.75. The summed E-state index contributed by atoms with van der Waals surface area (Å²) in [5.41, 5.74) is 6.11. The molecule has 0 aromatic rings. The molecular weight excluding hydrogens is 320 g/mol. The number of fused-ring (bicyclic) bond motifs is 1. The molecule has 0 bridgehead atoms. The smallest absolute Gasteiger partial charge is 0.307 e. The van der Waals surface area contributed by atoms with Crippen LogP contribution in [0.15, 0.2) is 0 Å². The zero-order valence-electron chi connectivity index (χ0n) is 14.4. The van der Waals surface area contributed by atoms with Gasteiger partial charge in [-0.3, -0.25) is 9.59 Å². The number of carbonyl (C=O) groups is 2. The van der Waals surface area contributed by atoms with Crippen molar-refractivity contribution >= 4 is 11.9 Å². The van der Waals surface area contributed by atoms with E-state index in [1.807, 2.05) is 0 Å². The molecule has 0 radical (unpaired) electrons. The van der Waals surface area contributed by atoms with Crippen molar-refractivity contribution in [3.05, 3.63) is 0 Å². The summed E-state index contributed by atoms with van der Waals surface area (Å²) in [5.74, 6) is -1.40. The number of rotatable bonds is 7. The molecule has 0 aromatic heterocycles. The maximum Gasteiger partial charge on any atom is 0.307 e. The van der Waals surface area contributed by atoms with E-state index in [9.17, 15) is 9.59 Å².